The summed E-state index contributed by atoms with van der Waals surface area (Å²) in [5, 5.41) is 0. The molecule has 1 aliphatic rings. The van der Waals surface area contributed by atoms with Gasteiger partial charge in [0.2, 0.25) is 0 Å². The van der Waals surface area contributed by atoms with Crippen LogP contribution in [0.2, 0.25) is 0 Å². The fourth-order valence-electron chi connectivity index (χ4n) is 2.30. The number of carbonyl (C=O) groups excluding carboxylic acids is 1. The fraction of sp³-hybridized carbons (Fsp3) is 0.500. The quantitative estimate of drug-likeness (QED) is 0.858. The van der Waals surface area contributed by atoms with Crippen LogP contribution in [0.25, 0.3) is 0 Å². The summed E-state index contributed by atoms with van der Waals surface area (Å²) < 4.78 is 6.48. The highest BCUT2D eigenvalue weighted by Crippen LogP contribution is 2.21. The number of ether oxygens (including phenoxy) is 1. The van der Waals surface area contributed by atoms with E-state index in [2.05, 4.69) is 15.9 Å². The summed E-state index contributed by atoms with van der Waals surface area (Å²) in [6, 6.07) is 7.57. The van der Waals surface area contributed by atoms with E-state index in [4.69, 9.17) is 4.74 Å². The van der Waals surface area contributed by atoms with Crippen LogP contribution in [-0.4, -0.2) is 36.6 Å². The van der Waals surface area contributed by atoms with Gasteiger partial charge in [-0.2, -0.15) is 0 Å². The summed E-state index contributed by atoms with van der Waals surface area (Å²) >= 11 is 3.43. The molecule has 0 spiro atoms. The van der Waals surface area contributed by atoms with E-state index in [9.17, 15) is 4.79 Å². The van der Waals surface area contributed by atoms with E-state index in [1.54, 1.807) is 0 Å². The lowest BCUT2D eigenvalue weighted by atomic mass is 10.1. The number of nitrogens with zero attached hydrogens (tertiary/aromatic N) is 1. The fourth-order valence-corrected chi connectivity index (χ4v) is 2.75. The summed E-state index contributed by atoms with van der Waals surface area (Å²) in [5.41, 5.74) is 0.731. The van der Waals surface area contributed by atoms with Crippen molar-refractivity contribution in [1.29, 1.82) is 0 Å². The van der Waals surface area contributed by atoms with Gasteiger partial charge in [-0.15, -0.1) is 0 Å². The largest absolute Gasteiger partial charge is 0.377 e. The molecule has 3 nitrogen and oxygen atoms in total. The second-order valence-electron chi connectivity index (χ2n) is 4.45. The molecular weight excluding hydrogens is 294 g/mol. The number of piperidine rings is 1. The van der Waals surface area contributed by atoms with Crippen LogP contribution in [0.4, 0.5) is 0 Å². The maximum atomic E-state index is 12.4. The Bertz CT molecular complexity index is 420. The minimum atomic E-state index is 0.0897. The monoisotopic (exact) mass is 311 g/mol. The lowest BCUT2D eigenvalue weighted by Gasteiger charge is -2.32. The molecule has 4 heteroatoms. The molecule has 2 rings (SSSR count). The Hall–Kier alpha value is -0.870. The zero-order valence-electron chi connectivity index (χ0n) is 10.6. The predicted octanol–water partition coefficient (Wildman–Crippen LogP) is 3.09. The lowest BCUT2D eigenvalue weighted by Crippen LogP contribution is -2.43. The third kappa shape index (κ3) is 3.12. The number of hydrogen-bond acceptors (Lipinski definition) is 2. The van der Waals surface area contributed by atoms with Crippen molar-refractivity contribution < 1.29 is 9.53 Å². The van der Waals surface area contributed by atoms with E-state index in [0.717, 1.165) is 29.4 Å². The van der Waals surface area contributed by atoms with Gasteiger partial charge in [0.25, 0.3) is 5.91 Å². The summed E-state index contributed by atoms with van der Waals surface area (Å²) in [5.74, 6) is 0.0897. The highest BCUT2D eigenvalue weighted by molar-refractivity contribution is 9.10. The lowest BCUT2D eigenvalue weighted by molar-refractivity contribution is 0.00721. The van der Waals surface area contributed by atoms with Crippen molar-refractivity contribution in [3.8, 4) is 0 Å². The normalized spacial score (nSPS) is 19.9. The van der Waals surface area contributed by atoms with Crippen LogP contribution >= 0.6 is 15.9 Å². The summed E-state index contributed by atoms with van der Waals surface area (Å²) in [6.45, 7) is 4.23. The third-order valence-electron chi connectivity index (χ3n) is 3.17. The maximum Gasteiger partial charge on any atom is 0.255 e. The number of rotatable bonds is 3. The van der Waals surface area contributed by atoms with Gasteiger partial charge in [-0.05, 0) is 47.8 Å². The van der Waals surface area contributed by atoms with Crippen molar-refractivity contribution in [1.82, 2.24) is 4.90 Å². The molecule has 1 aromatic carbocycles. The molecule has 1 atom stereocenters. The summed E-state index contributed by atoms with van der Waals surface area (Å²) in [4.78, 5) is 14.3. The molecule has 98 valence electrons. The minimum absolute atomic E-state index is 0.0897. The van der Waals surface area contributed by atoms with Crippen LogP contribution in [0.5, 0.6) is 0 Å². The first kappa shape index (κ1) is 13.6. The number of halogens is 1. The molecule has 1 aliphatic heterocycles. The summed E-state index contributed by atoms with van der Waals surface area (Å²) in [7, 11) is 0. The van der Waals surface area contributed by atoms with E-state index in [0.29, 0.717) is 13.2 Å². The highest BCUT2D eigenvalue weighted by atomic mass is 79.9. The van der Waals surface area contributed by atoms with Crippen molar-refractivity contribution in [2.45, 2.75) is 25.9 Å². The average Bonchev–Trinajstić information content (AvgIpc) is 2.39. The molecule has 0 saturated carbocycles. The van der Waals surface area contributed by atoms with Crippen molar-refractivity contribution in [2.75, 3.05) is 19.7 Å². The van der Waals surface area contributed by atoms with Crippen molar-refractivity contribution >= 4 is 21.8 Å². The average molecular weight is 312 g/mol. The Morgan fingerprint density at radius 3 is 3.00 bits per heavy atom. The second-order valence-corrected chi connectivity index (χ2v) is 5.30. The van der Waals surface area contributed by atoms with Crippen LogP contribution < -0.4 is 0 Å². The SMILES string of the molecule is CCOC1CCCN(C(=O)c2ccccc2Br)C1. The zero-order valence-corrected chi connectivity index (χ0v) is 12.1. The van der Waals surface area contributed by atoms with E-state index >= 15 is 0 Å². The van der Waals surface area contributed by atoms with Crippen LogP contribution in [0.1, 0.15) is 30.1 Å². The molecule has 1 amide bonds. The van der Waals surface area contributed by atoms with E-state index in [-0.39, 0.29) is 12.0 Å². The third-order valence-corrected chi connectivity index (χ3v) is 3.86. The molecular formula is C14H18BrNO2. The van der Waals surface area contributed by atoms with Crippen LogP contribution in [0, 0.1) is 0 Å². The van der Waals surface area contributed by atoms with E-state index < -0.39 is 0 Å². The molecule has 0 N–H and O–H groups in total. The van der Waals surface area contributed by atoms with Crippen LogP contribution in [0.3, 0.4) is 0 Å². The maximum absolute atomic E-state index is 12.4. The number of likely N-dealkylation sites (tertiary alicyclic amines) is 1. The second kappa shape index (κ2) is 6.34. The molecule has 0 aliphatic carbocycles. The smallest absolute Gasteiger partial charge is 0.255 e. The molecule has 1 heterocycles. The number of amides is 1. The molecule has 1 fully saturated rings. The van der Waals surface area contributed by atoms with E-state index in [1.165, 1.54) is 0 Å². The van der Waals surface area contributed by atoms with Gasteiger partial charge in [0.05, 0.1) is 11.7 Å². The Balaban J connectivity index is 2.07. The first-order chi connectivity index (χ1) is 8.72. The van der Waals surface area contributed by atoms with Gasteiger partial charge in [-0.1, -0.05) is 12.1 Å². The Labute approximate surface area is 116 Å². The van der Waals surface area contributed by atoms with Crippen molar-refractivity contribution in [3.63, 3.8) is 0 Å². The first-order valence-corrected chi connectivity index (χ1v) is 7.17. The summed E-state index contributed by atoms with van der Waals surface area (Å²) in [6.07, 6.45) is 2.25. The zero-order chi connectivity index (χ0) is 13.0. The van der Waals surface area contributed by atoms with Crippen LogP contribution in [0.15, 0.2) is 28.7 Å². The Kier molecular flexibility index (Phi) is 4.78. The topological polar surface area (TPSA) is 29.5 Å². The van der Waals surface area contributed by atoms with Gasteiger partial charge in [0.1, 0.15) is 0 Å². The Morgan fingerprint density at radius 2 is 2.28 bits per heavy atom. The van der Waals surface area contributed by atoms with Gasteiger partial charge >= 0.3 is 0 Å². The standard InChI is InChI=1S/C14H18BrNO2/c1-2-18-11-6-5-9-16(10-11)14(17)12-7-3-4-8-13(12)15/h3-4,7-8,11H,2,5-6,9-10H2,1H3. The van der Waals surface area contributed by atoms with Gasteiger partial charge in [0.15, 0.2) is 0 Å². The molecule has 18 heavy (non-hydrogen) atoms. The molecule has 1 saturated heterocycles. The predicted molar refractivity (Wildman–Crippen MR) is 74.7 cm³/mol. The van der Waals surface area contributed by atoms with Gasteiger partial charge in [-0.3, -0.25) is 4.79 Å². The number of carbonyl (C=O) groups is 1. The minimum Gasteiger partial charge on any atom is -0.377 e. The molecule has 0 radical (unpaired) electrons. The van der Waals surface area contributed by atoms with Crippen molar-refractivity contribution in [3.05, 3.63) is 34.3 Å². The van der Waals surface area contributed by atoms with Gasteiger partial charge < -0.3 is 9.64 Å². The van der Waals surface area contributed by atoms with Crippen LogP contribution in [-0.2, 0) is 4.74 Å². The molecule has 0 aromatic heterocycles. The first-order valence-electron chi connectivity index (χ1n) is 6.37. The van der Waals surface area contributed by atoms with E-state index in [1.807, 2.05) is 36.1 Å². The Morgan fingerprint density at radius 1 is 1.50 bits per heavy atom. The number of benzene rings is 1. The highest BCUT2D eigenvalue weighted by Gasteiger charge is 2.25. The molecule has 1 aromatic rings. The molecule has 1 unspecified atom stereocenters. The van der Waals surface area contributed by atoms with Gasteiger partial charge in [-0.25, -0.2) is 0 Å². The molecule has 0 bridgehead atoms. The van der Waals surface area contributed by atoms with Gasteiger partial charge in [0, 0.05) is 24.2 Å². The number of hydrogen-bond donors (Lipinski definition) is 0. The van der Waals surface area contributed by atoms with Crippen molar-refractivity contribution in [2.24, 2.45) is 0 Å².